The normalized spacial score (nSPS) is 27.1. The van der Waals surface area contributed by atoms with Gasteiger partial charge in [-0.1, -0.05) is 0 Å². The highest BCUT2D eigenvalue weighted by molar-refractivity contribution is 14.0. The van der Waals surface area contributed by atoms with Crippen LogP contribution in [0.15, 0.2) is 4.99 Å². The van der Waals surface area contributed by atoms with E-state index in [-0.39, 0.29) is 24.0 Å². The number of nitrogens with one attached hydrogen (secondary N) is 1. The molecule has 26 heavy (non-hydrogen) atoms. The third-order valence-corrected chi connectivity index (χ3v) is 5.54. The summed E-state index contributed by atoms with van der Waals surface area (Å²) in [6, 6.07) is 0.725. The Balaban J connectivity index is 0.00000243. The summed E-state index contributed by atoms with van der Waals surface area (Å²) in [4.78, 5) is 9.95. The van der Waals surface area contributed by atoms with Gasteiger partial charge in [0.15, 0.2) is 5.96 Å². The van der Waals surface area contributed by atoms with E-state index in [0.29, 0.717) is 5.92 Å². The predicted octanol–water partition coefficient (Wildman–Crippen LogP) is 2.18. The van der Waals surface area contributed by atoms with Gasteiger partial charge in [-0.2, -0.15) is 0 Å². The first kappa shape index (κ1) is 22.2. The lowest BCUT2D eigenvalue weighted by atomic mass is 10.1. The van der Waals surface area contributed by atoms with Crippen LogP contribution >= 0.6 is 24.0 Å². The molecule has 0 bridgehead atoms. The van der Waals surface area contributed by atoms with E-state index in [2.05, 4.69) is 22.0 Å². The Labute approximate surface area is 176 Å². The van der Waals surface area contributed by atoms with Gasteiger partial charge in [0.1, 0.15) is 0 Å². The number of hydrogen-bond acceptors (Lipinski definition) is 4. The third kappa shape index (κ3) is 6.80. The molecule has 0 saturated carbocycles. The quantitative estimate of drug-likeness (QED) is 0.250. The van der Waals surface area contributed by atoms with Gasteiger partial charge in [-0.3, -0.25) is 9.89 Å². The van der Waals surface area contributed by atoms with E-state index in [1.165, 1.54) is 32.4 Å². The van der Waals surface area contributed by atoms with Crippen molar-refractivity contribution in [1.29, 1.82) is 0 Å². The van der Waals surface area contributed by atoms with Gasteiger partial charge in [-0.15, -0.1) is 24.0 Å². The Morgan fingerprint density at radius 1 is 1.23 bits per heavy atom. The van der Waals surface area contributed by atoms with Crippen molar-refractivity contribution in [3.63, 3.8) is 0 Å². The molecule has 0 aliphatic carbocycles. The predicted molar refractivity (Wildman–Crippen MR) is 117 cm³/mol. The van der Waals surface area contributed by atoms with Crippen LogP contribution in [0.4, 0.5) is 0 Å². The van der Waals surface area contributed by atoms with Crippen molar-refractivity contribution in [2.75, 3.05) is 65.7 Å². The third-order valence-electron chi connectivity index (χ3n) is 5.54. The molecule has 3 heterocycles. The Morgan fingerprint density at radius 3 is 2.81 bits per heavy atom. The molecule has 2 unspecified atom stereocenters. The van der Waals surface area contributed by atoms with Crippen LogP contribution in [-0.2, 0) is 9.47 Å². The van der Waals surface area contributed by atoms with Gasteiger partial charge in [-0.25, -0.2) is 0 Å². The highest BCUT2D eigenvalue weighted by atomic mass is 127. The Bertz CT molecular complexity index is 412. The summed E-state index contributed by atoms with van der Waals surface area (Å²) in [6.45, 7) is 12.2. The van der Waals surface area contributed by atoms with Crippen molar-refractivity contribution in [3.05, 3.63) is 0 Å². The summed E-state index contributed by atoms with van der Waals surface area (Å²) in [5, 5.41) is 3.47. The number of nitrogens with zero attached hydrogens (tertiary/aromatic N) is 3. The fraction of sp³-hybridized carbons (Fsp3) is 0.947. The van der Waals surface area contributed by atoms with Crippen molar-refractivity contribution in [3.8, 4) is 0 Å². The van der Waals surface area contributed by atoms with Crippen LogP contribution in [0.2, 0.25) is 0 Å². The molecule has 152 valence electrons. The average molecular weight is 480 g/mol. The minimum Gasteiger partial charge on any atom is -0.381 e. The van der Waals surface area contributed by atoms with Crippen LogP contribution in [0.1, 0.15) is 39.0 Å². The molecule has 3 aliphatic rings. The SMILES string of the molecule is CCNC(=NCCCOCC1CCOC1)N1CCC(N2CCCC2)C1.I. The first-order chi connectivity index (χ1) is 12.4. The highest BCUT2D eigenvalue weighted by Crippen LogP contribution is 2.20. The monoisotopic (exact) mass is 480 g/mol. The topological polar surface area (TPSA) is 49.3 Å². The zero-order valence-corrected chi connectivity index (χ0v) is 18.7. The minimum atomic E-state index is 0. The first-order valence-electron chi connectivity index (χ1n) is 10.3. The lowest BCUT2D eigenvalue weighted by Gasteiger charge is -2.25. The molecule has 6 nitrogen and oxygen atoms in total. The molecule has 3 rings (SSSR count). The number of hydrogen-bond donors (Lipinski definition) is 1. The molecule has 0 aromatic carbocycles. The number of likely N-dealkylation sites (tertiary alicyclic amines) is 2. The first-order valence-corrected chi connectivity index (χ1v) is 10.3. The summed E-state index contributed by atoms with van der Waals surface area (Å²) < 4.78 is 11.2. The van der Waals surface area contributed by atoms with Crippen LogP contribution in [-0.4, -0.2) is 87.5 Å². The molecule has 7 heteroatoms. The number of guanidine groups is 1. The summed E-state index contributed by atoms with van der Waals surface area (Å²) in [5.41, 5.74) is 0. The molecule has 2 atom stereocenters. The van der Waals surface area contributed by atoms with Crippen LogP contribution in [0.5, 0.6) is 0 Å². The standard InChI is InChI=1S/C19H36N4O2.HI/c1-2-20-19(21-8-5-12-24-15-17-7-13-25-16-17)23-11-6-18(14-23)22-9-3-4-10-22;/h17-18H,2-16H2,1H3,(H,20,21);1H. The second kappa shape index (κ2) is 12.4. The number of aliphatic imine (C=N–C) groups is 1. The molecule has 0 spiro atoms. The van der Waals surface area contributed by atoms with Gasteiger partial charge in [0.2, 0.25) is 0 Å². The highest BCUT2D eigenvalue weighted by Gasteiger charge is 2.30. The summed E-state index contributed by atoms with van der Waals surface area (Å²) >= 11 is 0. The molecular weight excluding hydrogens is 443 g/mol. The molecule has 0 amide bonds. The van der Waals surface area contributed by atoms with Gasteiger partial charge < -0.3 is 19.7 Å². The van der Waals surface area contributed by atoms with Gasteiger partial charge in [0.05, 0.1) is 13.2 Å². The van der Waals surface area contributed by atoms with E-state index in [9.17, 15) is 0 Å². The second-order valence-electron chi connectivity index (χ2n) is 7.53. The molecule has 0 aromatic rings. The fourth-order valence-corrected chi connectivity index (χ4v) is 4.08. The largest absolute Gasteiger partial charge is 0.381 e. The van der Waals surface area contributed by atoms with Crippen LogP contribution < -0.4 is 5.32 Å². The van der Waals surface area contributed by atoms with Gasteiger partial charge in [0, 0.05) is 51.4 Å². The Morgan fingerprint density at radius 2 is 2.08 bits per heavy atom. The maximum atomic E-state index is 5.78. The van der Waals surface area contributed by atoms with Crippen LogP contribution in [0.25, 0.3) is 0 Å². The molecular formula is C19H37IN4O2. The lowest BCUT2D eigenvalue weighted by Crippen LogP contribution is -2.42. The molecule has 0 aromatic heterocycles. The minimum absolute atomic E-state index is 0. The van der Waals surface area contributed by atoms with E-state index >= 15 is 0 Å². The van der Waals surface area contributed by atoms with Crippen molar-refractivity contribution >= 4 is 29.9 Å². The number of halogens is 1. The van der Waals surface area contributed by atoms with E-state index in [4.69, 9.17) is 14.5 Å². The maximum absolute atomic E-state index is 5.78. The van der Waals surface area contributed by atoms with Crippen LogP contribution in [0.3, 0.4) is 0 Å². The zero-order chi connectivity index (χ0) is 17.3. The molecule has 1 N–H and O–H groups in total. The van der Waals surface area contributed by atoms with E-state index in [0.717, 1.165) is 77.4 Å². The van der Waals surface area contributed by atoms with E-state index in [1.807, 2.05) is 0 Å². The van der Waals surface area contributed by atoms with E-state index < -0.39 is 0 Å². The van der Waals surface area contributed by atoms with Crippen LogP contribution in [0, 0.1) is 5.92 Å². The lowest BCUT2D eigenvalue weighted by molar-refractivity contribution is 0.0893. The summed E-state index contributed by atoms with van der Waals surface area (Å²) in [5.74, 6) is 1.70. The van der Waals surface area contributed by atoms with Gasteiger partial charge in [0.25, 0.3) is 0 Å². The average Bonchev–Trinajstić information content (AvgIpc) is 3.38. The van der Waals surface area contributed by atoms with Crippen molar-refractivity contribution in [1.82, 2.24) is 15.1 Å². The van der Waals surface area contributed by atoms with Gasteiger partial charge >= 0.3 is 0 Å². The maximum Gasteiger partial charge on any atom is 0.193 e. The fourth-order valence-electron chi connectivity index (χ4n) is 4.08. The number of ether oxygens (including phenoxy) is 2. The van der Waals surface area contributed by atoms with Crippen molar-refractivity contribution < 1.29 is 9.47 Å². The number of rotatable bonds is 8. The smallest absolute Gasteiger partial charge is 0.193 e. The molecule has 3 saturated heterocycles. The summed E-state index contributed by atoms with van der Waals surface area (Å²) in [7, 11) is 0. The Hall–Kier alpha value is -0.120. The van der Waals surface area contributed by atoms with E-state index in [1.54, 1.807) is 0 Å². The molecule has 3 aliphatic heterocycles. The molecule has 3 fully saturated rings. The van der Waals surface area contributed by atoms with Crippen molar-refractivity contribution in [2.24, 2.45) is 10.9 Å². The second-order valence-corrected chi connectivity index (χ2v) is 7.53. The van der Waals surface area contributed by atoms with Gasteiger partial charge in [-0.05, 0) is 52.1 Å². The Kier molecular flexibility index (Phi) is 10.5. The summed E-state index contributed by atoms with van der Waals surface area (Å²) in [6.07, 6.45) is 6.16. The van der Waals surface area contributed by atoms with Crippen molar-refractivity contribution in [2.45, 2.75) is 45.1 Å². The molecule has 0 radical (unpaired) electrons. The zero-order valence-electron chi connectivity index (χ0n) is 16.3.